The van der Waals surface area contributed by atoms with Crippen molar-refractivity contribution in [2.45, 2.75) is 18.5 Å². The topological polar surface area (TPSA) is 55.3 Å². The van der Waals surface area contributed by atoms with Crippen LogP contribution in [-0.2, 0) is 6.54 Å². The van der Waals surface area contributed by atoms with Gasteiger partial charge in [0.2, 0.25) is 0 Å². The molecule has 0 radical (unpaired) electrons. The average molecular weight is 325 g/mol. The van der Waals surface area contributed by atoms with Gasteiger partial charge in [0.25, 0.3) is 0 Å². The molecule has 1 aliphatic heterocycles. The normalized spacial score (nSPS) is 21.8. The first-order valence-corrected chi connectivity index (χ1v) is 8.70. The largest absolute Gasteiger partial charge is 0.355 e. The molecule has 1 saturated heterocycles. The standard InChI is InChI=1S/C18H19N3OS/c19-16-12-21(11-15(16)13-5-2-1-3-6-13)10-14-9-17(22-20-14)18-7-4-8-23-18/h1-9,15-16H,10-12,19H2/t15-,16+/m0/s1. The highest BCUT2D eigenvalue weighted by Gasteiger charge is 2.31. The minimum Gasteiger partial charge on any atom is -0.355 e. The molecule has 0 aliphatic carbocycles. The van der Waals surface area contributed by atoms with Gasteiger partial charge >= 0.3 is 0 Å². The second-order valence-electron chi connectivity index (χ2n) is 6.03. The summed E-state index contributed by atoms with van der Waals surface area (Å²) in [5.74, 6) is 1.23. The molecule has 5 heteroatoms. The van der Waals surface area contributed by atoms with E-state index in [9.17, 15) is 0 Å². The Labute approximate surface area is 139 Å². The Morgan fingerprint density at radius 1 is 1.17 bits per heavy atom. The third-order valence-electron chi connectivity index (χ3n) is 4.38. The molecule has 0 unspecified atom stereocenters. The molecule has 2 atom stereocenters. The minimum atomic E-state index is 0.168. The Morgan fingerprint density at radius 3 is 2.83 bits per heavy atom. The van der Waals surface area contributed by atoms with Crippen LogP contribution in [0.25, 0.3) is 10.6 Å². The third-order valence-corrected chi connectivity index (χ3v) is 5.26. The lowest BCUT2D eigenvalue weighted by Crippen LogP contribution is -2.28. The van der Waals surface area contributed by atoms with Gasteiger partial charge in [0.1, 0.15) is 0 Å². The first-order valence-electron chi connectivity index (χ1n) is 7.82. The first-order chi connectivity index (χ1) is 11.3. The van der Waals surface area contributed by atoms with Gasteiger partial charge in [-0.3, -0.25) is 4.90 Å². The summed E-state index contributed by atoms with van der Waals surface area (Å²) < 4.78 is 5.46. The van der Waals surface area contributed by atoms with Gasteiger partial charge in [-0.15, -0.1) is 11.3 Å². The lowest BCUT2D eigenvalue weighted by atomic mass is 9.95. The average Bonchev–Trinajstić information content (AvgIpc) is 3.29. The van der Waals surface area contributed by atoms with E-state index in [0.717, 1.165) is 36.0 Å². The van der Waals surface area contributed by atoms with Crippen LogP contribution < -0.4 is 5.73 Å². The summed E-state index contributed by atoms with van der Waals surface area (Å²) in [5.41, 5.74) is 8.64. The lowest BCUT2D eigenvalue weighted by molar-refractivity contribution is 0.308. The van der Waals surface area contributed by atoms with E-state index in [1.807, 2.05) is 29.6 Å². The fraction of sp³-hybridized carbons (Fsp3) is 0.278. The molecule has 1 aliphatic rings. The molecule has 3 heterocycles. The zero-order valence-corrected chi connectivity index (χ0v) is 13.6. The summed E-state index contributed by atoms with van der Waals surface area (Å²) in [7, 11) is 0. The van der Waals surface area contributed by atoms with Crippen molar-refractivity contribution >= 4 is 11.3 Å². The van der Waals surface area contributed by atoms with Crippen LogP contribution in [0, 0.1) is 0 Å². The minimum absolute atomic E-state index is 0.168. The van der Waals surface area contributed by atoms with Crippen molar-refractivity contribution in [1.82, 2.24) is 10.1 Å². The van der Waals surface area contributed by atoms with E-state index >= 15 is 0 Å². The predicted octanol–water partition coefficient (Wildman–Crippen LogP) is 3.33. The predicted molar refractivity (Wildman–Crippen MR) is 92.3 cm³/mol. The van der Waals surface area contributed by atoms with Crippen LogP contribution in [-0.4, -0.2) is 29.2 Å². The SMILES string of the molecule is N[C@@H]1CN(Cc2cc(-c3cccs3)on2)C[C@H]1c1ccccc1. The number of thiophene rings is 1. The Bertz CT molecular complexity index is 754. The maximum atomic E-state index is 6.35. The molecule has 118 valence electrons. The summed E-state index contributed by atoms with van der Waals surface area (Å²) in [6, 6.07) is 16.8. The molecule has 1 aromatic carbocycles. The zero-order chi connectivity index (χ0) is 15.6. The maximum absolute atomic E-state index is 6.35. The highest BCUT2D eigenvalue weighted by Crippen LogP contribution is 2.29. The molecule has 0 amide bonds. The van der Waals surface area contributed by atoms with Gasteiger partial charge in [-0.05, 0) is 17.0 Å². The fourth-order valence-corrected chi connectivity index (χ4v) is 3.92. The molecule has 3 aromatic rings. The molecule has 23 heavy (non-hydrogen) atoms. The van der Waals surface area contributed by atoms with Gasteiger partial charge in [0.05, 0.1) is 10.6 Å². The van der Waals surface area contributed by atoms with E-state index in [0.29, 0.717) is 5.92 Å². The van der Waals surface area contributed by atoms with E-state index in [-0.39, 0.29) is 6.04 Å². The van der Waals surface area contributed by atoms with Gasteiger partial charge < -0.3 is 10.3 Å². The van der Waals surface area contributed by atoms with Crippen LogP contribution in [0.4, 0.5) is 0 Å². The summed E-state index contributed by atoms with van der Waals surface area (Å²) in [6.07, 6.45) is 0. The number of nitrogens with zero attached hydrogens (tertiary/aromatic N) is 2. The summed E-state index contributed by atoms with van der Waals surface area (Å²) >= 11 is 1.66. The van der Waals surface area contributed by atoms with Crippen molar-refractivity contribution < 1.29 is 4.52 Å². The molecule has 0 saturated carbocycles. The Hall–Kier alpha value is -1.95. The van der Waals surface area contributed by atoms with E-state index in [1.54, 1.807) is 11.3 Å². The summed E-state index contributed by atoms with van der Waals surface area (Å²) in [6.45, 7) is 2.64. The molecule has 1 fully saturated rings. The maximum Gasteiger partial charge on any atom is 0.177 e. The quantitative estimate of drug-likeness (QED) is 0.799. The zero-order valence-electron chi connectivity index (χ0n) is 12.8. The molecule has 4 nitrogen and oxygen atoms in total. The summed E-state index contributed by atoms with van der Waals surface area (Å²) in [5, 5.41) is 6.25. The van der Waals surface area contributed by atoms with E-state index in [4.69, 9.17) is 10.3 Å². The van der Waals surface area contributed by atoms with Gasteiger partial charge in [0.15, 0.2) is 5.76 Å². The molecule has 0 spiro atoms. The lowest BCUT2D eigenvalue weighted by Gasteiger charge is -2.14. The fourth-order valence-electron chi connectivity index (χ4n) is 3.25. The third kappa shape index (κ3) is 3.08. The molecule has 2 aromatic heterocycles. The number of rotatable bonds is 4. The van der Waals surface area contributed by atoms with Gasteiger partial charge in [0, 0.05) is 37.7 Å². The van der Waals surface area contributed by atoms with Crippen molar-refractivity contribution in [1.29, 1.82) is 0 Å². The number of likely N-dealkylation sites (tertiary alicyclic amines) is 1. The van der Waals surface area contributed by atoms with Gasteiger partial charge in [-0.1, -0.05) is 41.6 Å². The highest BCUT2D eigenvalue weighted by molar-refractivity contribution is 7.13. The smallest absolute Gasteiger partial charge is 0.177 e. The van der Waals surface area contributed by atoms with Crippen LogP contribution in [0.3, 0.4) is 0 Å². The number of benzene rings is 1. The van der Waals surface area contributed by atoms with Crippen molar-refractivity contribution in [2.24, 2.45) is 5.73 Å². The van der Waals surface area contributed by atoms with Crippen molar-refractivity contribution in [3.63, 3.8) is 0 Å². The molecule has 2 N–H and O–H groups in total. The van der Waals surface area contributed by atoms with Crippen molar-refractivity contribution in [2.75, 3.05) is 13.1 Å². The van der Waals surface area contributed by atoms with Gasteiger partial charge in [-0.25, -0.2) is 0 Å². The molecular formula is C18H19N3OS. The first kappa shape index (κ1) is 14.6. The highest BCUT2D eigenvalue weighted by atomic mass is 32.1. The van der Waals surface area contributed by atoms with Crippen LogP contribution in [0.1, 0.15) is 17.2 Å². The van der Waals surface area contributed by atoms with Crippen LogP contribution in [0.5, 0.6) is 0 Å². The van der Waals surface area contributed by atoms with Crippen LogP contribution in [0.2, 0.25) is 0 Å². The van der Waals surface area contributed by atoms with Crippen LogP contribution in [0.15, 0.2) is 58.4 Å². The number of hydrogen-bond donors (Lipinski definition) is 1. The number of nitrogens with two attached hydrogens (primary N) is 1. The second-order valence-corrected chi connectivity index (χ2v) is 6.98. The van der Waals surface area contributed by atoms with Crippen LogP contribution >= 0.6 is 11.3 Å². The Kier molecular flexibility index (Phi) is 3.99. The van der Waals surface area contributed by atoms with E-state index < -0.39 is 0 Å². The van der Waals surface area contributed by atoms with Crippen molar-refractivity contribution in [3.8, 4) is 10.6 Å². The van der Waals surface area contributed by atoms with Gasteiger partial charge in [-0.2, -0.15) is 0 Å². The molecular weight excluding hydrogens is 306 g/mol. The molecule has 4 rings (SSSR count). The monoisotopic (exact) mass is 325 g/mol. The number of aromatic nitrogens is 1. The number of hydrogen-bond acceptors (Lipinski definition) is 5. The Balaban J connectivity index is 1.44. The van der Waals surface area contributed by atoms with E-state index in [1.165, 1.54) is 5.56 Å². The second kappa shape index (κ2) is 6.28. The summed E-state index contributed by atoms with van der Waals surface area (Å²) in [4.78, 5) is 3.47. The Morgan fingerprint density at radius 2 is 2.04 bits per heavy atom. The molecule has 0 bridgehead atoms. The van der Waals surface area contributed by atoms with Crippen molar-refractivity contribution in [3.05, 3.63) is 65.2 Å². The van der Waals surface area contributed by atoms with E-state index in [2.05, 4.69) is 34.3 Å².